The second-order valence-electron chi connectivity index (χ2n) is 6.07. The molecular weight excluding hydrogens is 372 g/mol. The van der Waals surface area contributed by atoms with Gasteiger partial charge in [0.2, 0.25) is 11.8 Å². The Bertz CT molecular complexity index is 1160. The summed E-state index contributed by atoms with van der Waals surface area (Å²) in [6.07, 6.45) is 4.77. The number of pyridine rings is 2. The molecule has 0 fully saturated rings. The highest BCUT2D eigenvalue weighted by Gasteiger charge is 2.15. The molecule has 0 aliphatic rings. The van der Waals surface area contributed by atoms with Crippen molar-refractivity contribution in [1.82, 2.24) is 20.2 Å². The van der Waals surface area contributed by atoms with Gasteiger partial charge in [-0.1, -0.05) is 6.07 Å². The molecule has 29 heavy (non-hydrogen) atoms. The Morgan fingerprint density at radius 2 is 1.93 bits per heavy atom. The number of nitrogens with two attached hydrogens (primary N) is 1. The van der Waals surface area contributed by atoms with Crippen LogP contribution in [0, 0.1) is 0 Å². The van der Waals surface area contributed by atoms with Crippen molar-refractivity contribution in [2.75, 3.05) is 11.1 Å². The van der Waals surface area contributed by atoms with Crippen molar-refractivity contribution in [3.8, 4) is 34.4 Å². The van der Waals surface area contributed by atoms with Crippen LogP contribution >= 0.6 is 0 Å². The van der Waals surface area contributed by atoms with Gasteiger partial charge in [-0.15, -0.1) is 10.2 Å². The van der Waals surface area contributed by atoms with E-state index in [0.717, 1.165) is 0 Å². The van der Waals surface area contributed by atoms with Crippen LogP contribution in [0.25, 0.3) is 22.9 Å². The van der Waals surface area contributed by atoms with Gasteiger partial charge < -0.3 is 20.2 Å². The van der Waals surface area contributed by atoms with E-state index in [0.29, 0.717) is 34.2 Å². The van der Waals surface area contributed by atoms with Gasteiger partial charge in [-0.3, -0.25) is 9.78 Å². The van der Waals surface area contributed by atoms with Crippen LogP contribution in [-0.2, 0) is 4.79 Å². The predicted molar refractivity (Wildman–Crippen MR) is 106 cm³/mol. The molecule has 0 saturated carbocycles. The summed E-state index contributed by atoms with van der Waals surface area (Å²) in [5.41, 5.74) is 7.75. The number of anilines is 2. The first-order valence-corrected chi connectivity index (χ1v) is 8.64. The molecule has 0 saturated heterocycles. The van der Waals surface area contributed by atoms with Gasteiger partial charge in [-0.05, 0) is 30.3 Å². The lowest BCUT2D eigenvalue weighted by Crippen LogP contribution is -2.05. The standard InChI is InChI=1S/C20H16N6O3/c1-12(27)24-14-5-2-6-15(8-14)28-16-9-17(18(21)23-11-16)20-26-25-19(29-20)13-4-3-7-22-10-13/h2-11H,1H3,(H2,21,23)(H,24,27). The minimum Gasteiger partial charge on any atom is -0.456 e. The van der Waals surface area contributed by atoms with Crippen LogP contribution in [0.4, 0.5) is 11.5 Å². The summed E-state index contributed by atoms with van der Waals surface area (Å²) in [5.74, 6) is 1.55. The Labute approximate surface area is 165 Å². The summed E-state index contributed by atoms with van der Waals surface area (Å²) in [5, 5.41) is 10.8. The van der Waals surface area contributed by atoms with Crippen LogP contribution in [0.15, 0.2) is 65.5 Å². The van der Waals surface area contributed by atoms with Crippen molar-refractivity contribution in [2.45, 2.75) is 6.92 Å². The number of aromatic nitrogens is 4. The molecule has 3 N–H and O–H groups in total. The second-order valence-corrected chi connectivity index (χ2v) is 6.07. The summed E-state index contributed by atoms with van der Waals surface area (Å²) >= 11 is 0. The lowest BCUT2D eigenvalue weighted by Gasteiger charge is -2.09. The second kappa shape index (κ2) is 7.77. The Kier molecular flexibility index (Phi) is 4.85. The third-order valence-corrected chi connectivity index (χ3v) is 3.85. The lowest BCUT2D eigenvalue weighted by atomic mass is 10.2. The van der Waals surface area contributed by atoms with Crippen LogP contribution in [-0.4, -0.2) is 26.1 Å². The molecule has 0 atom stereocenters. The molecule has 1 amide bonds. The van der Waals surface area contributed by atoms with Gasteiger partial charge in [0.05, 0.1) is 17.3 Å². The molecule has 4 aromatic rings. The molecule has 9 heteroatoms. The van der Waals surface area contributed by atoms with Crippen LogP contribution < -0.4 is 15.8 Å². The molecule has 1 aromatic carbocycles. The lowest BCUT2D eigenvalue weighted by molar-refractivity contribution is -0.114. The number of nitrogen functional groups attached to an aromatic ring is 1. The highest BCUT2D eigenvalue weighted by Crippen LogP contribution is 2.31. The number of rotatable bonds is 5. The van der Waals surface area contributed by atoms with E-state index in [1.165, 1.54) is 13.1 Å². The van der Waals surface area contributed by atoms with Crippen LogP contribution in [0.2, 0.25) is 0 Å². The largest absolute Gasteiger partial charge is 0.456 e. The number of amides is 1. The number of benzene rings is 1. The quantitative estimate of drug-likeness (QED) is 0.531. The average Bonchev–Trinajstić information content (AvgIpc) is 3.20. The first-order chi connectivity index (χ1) is 14.1. The number of nitrogens with zero attached hydrogens (tertiary/aromatic N) is 4. The fourth-order valence-corrected chi connectivity index (χ4v) is 2.60. The maximum Gasteiger partial charge on any atom is 0.252 e. The van der Waals surface area contributed by atoms with Crippen molar-refractivity contribution >= 4 is 17.4 Å². The normalized spacial score (nSPS) is 10.5. The fraction of sp³-hybridized carbons (Fsp3) is 0.0500. The summed E-state index contributed by atoms with van der Waals surface area (Å²) in [7, 11) is 0. The number of hydrogen-bond acceptors (Lipinski definition) is 8. The van der Waals surface area contributed by atoms with Crippen LogP contribution in [0.1, 0.15) is 6.92 Å². The van der Waals surface area contributed by atoms with Crippen LogP contribution in [0.3, 0.4) is 0 Å². The molecule has 0 spiro atoms. The Balaban J connectivity index is 1.60. The van der Waals surface area contributed by atoms with Crippen molar-refractivity contribution in [3.63, 3.8) is 0 Å². The zero-order valence-corrected chi connectivity index (χ0v) is 15.4. The summed E-state index contributed by atoms with van der Waals surface area (Å²) in [4.78, 5) is 19.4. The van der Waals surface area contributed by atoms with Gasteiger partial charge in [0.15, 0.2) is 0 Å². The molecule has 0 unspecified atom stereocenters. The molecule has 9 nitrogen and oxygen atoms in total. The molecule has 3 heterocycles. The first kappa shape index (κ1) is 18.1. The molecule has 0 radical (unpaired) electrons. The molecule has 0 aliphatic carbocycles. The minimum atomic E-state index is -0.167. The Morgan fingerprint density at radius 3 is 2.72 bits per heavy atom. The van der Waals surface area contributed by atoms with Gasteiger partial charge in [0.25, 0.3) is 5.89 Å². The summed E-state index contributed by atoms with van der Waals surface area (Å²) in [6.45, 7) is 1.44. The number of carbonyl (C=O) groups is 1. The third kappa shape index (κ3) is 4.19. The molecule has 3 aromatic heterocycles. The number of nitrogens with one attached hydrogen (secondary N) is 1. The van der Waals surface area contributed by atoms with E-state index in [-0.39, 0.29) is 17.6 Å². The molecule has 4 rings (SSSR count). The zero-order valence-electron chi connectivity index (χ0n) is 15.4. The maximum atomic E-state index is 11.2. The third-order valence-electron chi connectivity index (χ3n) is 3.85. The smallest absolute Gasteiger partial charge is 0.252 e. The minimum absolute atomic E-state index is 0.167. The molecule has 144 valence electrons. The Hall–Kier alpha value is -4.27. The van der Waals surface area contributed by atoms with Crippen molar-refractivity contribution in [3.05, 3.63) is 61.1 Å². The topological polar surface area (TPSA) is 129 Å². The number of ether oxygens (including phenoxy) is 1. The van der Waals surface area contributed by atoms with E-state index in [1.54, 1.807) is 48.8 Å². The number of hydrogen-bond donors (Lipinski definition) is 2. The van der Waals surface area contributed by atoms with Crippen molar-refractivity contribution < 1.29 is 13.9 Å². The maximum absolute atomic E-state index is 11.2. The van der Waals surface area contributed by atoms with E-state index >= 15 is 0 Å². The zero-order chi connectivity index (χ0) is 20.2. The average molecular weight is 388 g/mol. The monoisotopic (exact) mass is 388 g/mol. The highest BCUT2D eigenvalue weighted by molar-refractivity contribution is 5.88. The molecule has 0 aliphatic heterocycles. The number of carbonyl (C=O) groups excluding carboxylic acids is 1. The summed E-state index contributed by atoms with van der Waals surface area (Å²) < 4.78 is 11.6. The fourth-order valence-electron chi connectivity index (χ4n) is 2.60. The van der Waals surface area contributed by atoms with Gasteiger partial charge in [-0.2, -0.15) is 0 Å². The highest BCUT2D eigenvalue weighted by atomic mass is 16.5. The van der Waals surface area contributed by atoms with E-state index in [2.05, 4.69) is 25.5 Å². The van der Waals surface area contributed by atoms with Crippen LogP contribution in [0.5, 0.6) is 11.5 Å². The van der Waals surface area contributed by atoms with E-state index in [1.807, 2.05) is 6.07 Å². The SMILES string of the molecule is CC(=O)Nc1cccc(Oc2cnc(N)c(-c3nnc(-c4cccnc4)o3)c2)c1. The Morgan fingerprint density at radius 1 is 1.07 bits per heavy atom. The first-order valence-electron chi connectivity index (χ1n) is 8.64. The van der Waals surface area contributed by atoms with E-state index in [4.69, 9.17) is 14.9 Å². The van der Waals surface area contributed by atoms with E-state index < -0.39 is 0 Å². The van der Waals surface area contributed by atoms with Gasteiger partial charge in [0, 0.05) is 31.1 Å². The van der Waals surface area contributed by atoms with Gasteiger partial charge in [0.1, 0.15) is 17.3 Å². The van der Waals surface area contributed by atoms with Gasteiger partial charge >= 0.3 is 0 Å². The molecule has 0 bridgehead atoms. The van der Waals surface area contributed by atoms with E-state index in [9.17, 15) is 4.79 Å². The summed E-state index contributed by atoms with van der Waals surface area (Å²) in [6, 6.07) is 12.2. The van der Waals surface area contributed by atoms with Crippen molar-refractivity contribution in [2.24, 2.45) is 0 Å². The van der Waals surface area contributed by atoms with Gasteiger partial charge in [-0.25, -0.2) is 4.98 Å². The predicted octanol–water partition coefficient (Wildman–Crippen LogP) is 3.53. The van der Waals surface area contributed by atoms with Crippen molar-refractivity contribution in [1.29, 1.82) is 0 Å². The molecular formula is C20H16N6O3.